The summed E-state index contributed by atoms with van der Waals surface area (Å²) in [6.07, 6.45) is 4.26. The molecule has 4 N–H and O–H groups in total. The molecule has 10 nitrogen and oxygen atoms in total. The van der Waals surface area contributed by atoms with Crippen molar-refractivity contribution >= 4 is 11.8 Å². The molecule has 1 aliphatic heterocycles. The number of hydroxylamine groups is 1. The average Bonchev–Trinajstić information content (AvgIpc) is 3.15. The molecular weight excluding hydrogens is 620 g/mol. The molecule has 49 heavy (non-hydrogen) atoms. The van der Waals surface area contributed by atoms with Crippen LogP contribution in [0.15, 0.2) is 97.2 Å². The van der Waals surface area contributed by atoms with Crippen molar-refractivity contribution in [3.63, 3.8) is 0 Å². The Balaban J connectivity index is 1.21. The van der Waals surface area contributed by atoms with E-state index >= 15 is 0 Å². The number of carbonyl (C=O) groups is 2. The van der Waals surface area contributed by atoms with Crippen LogP contribution in [0.3, 0.4) is 0 Å². The van der Waals surface area contributed by atoms with Crippen LogP contribution in [0.2, 0.25) is 0 Å². The highest BCUT2D eigenvalue weighted by molar-refractivity contribution is 5.76. The zero-order valence-electron chi connectivity index (χ0n) is 28.0. The van der Waals surface area contributed by atoms with E-state index in [4.69, 9.17) is 14.7 Å². The van der Waals surface area contributed by atoms with Gasteiger partial charge in [-0.25, -0.2) is 5.48 Å². The van der Waals surface area contributed by atoms with Gasteiger partial charge in [0.25, 0.3) is 0 Å². The van der Waals surface area contributed by atoms with E-state index in [1.54, 1.807) is 5.48 Å². The number of aliphatic hydroxyl groups is 1. The lowest BCUT2D eigenvalue weighted by Gasteiger charge is -2.38. The number of aliphatic hydroxyl groups excluding tert-OH is 1. The van der Waals surface area contributed by atoms with Crippen molar-refractivity contribution in [3.05, 3.63) is 125 Å². The number of amides is 2. The summed E-state index contributed by atoms with van der Waals surface area (Å²) in [4.78, 5) is 30.2. The number of nitrogens with zero attached hydrogens (tertiary/aromatic N) is 2. The monoisotopic (exact) mass is 666 g/mol. The van der Waals surface area contributed by atoms with E-state index in [2.05, 4.69) is 40.4 Å². The quantitative estimate of drug-likeness (QED) is 0.0686. The molecular formula is C39H46N4O6. The Morgan fingerprint density at radius 3 is 2.33 bits per heavy atom. The van der Waals surface area contributed by atoms with Crippen molar-refractivity contribution in [2.24, 2.45) is 0 Å². The molecule has 0 radical (unpaired) electrons. The number of ether oxygens (including phenoxy) is 2. The van der Waals surface area contributed by atoms with Gasteiger partial charge in [-0.15, -0.1) is 0 Å². The zero-order valence-corrected chi connectivity index (χ0v) is 28.0. The molecule has 1 aromatic heterocycles. The molecule has 1 aliphatic rings. The molecule has 10 heteroatoms. The highest BCUT2D eigenvalue weighted by Crippen LogP contribution is 2.38. The van der Waals surface area contributed by atoms with Gasteiger partial charge in [0.05, 0.1) is 18.8 Å². The van der Waals surface area contributed by atoms with Crippen molar-refractivity contribution in [3.8, 4) is 11.1 Å². The number of likely N-dealkylation sites (N-methyl/N-ethyl adjacent to an activating group) is 1. The van der Waals surface area contributed by atoms with E-state index in [1.807, 2.05) is 79.0 Å². The molecule has 0 bridgehead atoms. The van der Waals surface area contributed by atoms with Gasteiger partial charge in [0, 0.05) is 62.8 Å². The smallest absolute Gasteiger partial charge is 0.243 e. The standard InChI is InChI=1S/C39H46N4O6/c1-43(22-20-34-9-4-5-21-40-34)26-35-24-36(31-14-12-28(27-44)13-15-31)49-39(48-35)32-18-16-30(17-19-32)33-8-6-7-29(23-33)25-41-37(45)10-2-3-11-38(46)42-47/h4-9,12-19,21,23,35-36,39,44,47H,2-3,10-11,20,22,24-27H2,1H3,(H,41,45)(H,42,46). The number of unbranched alkanes of at least 4 members (excludes halogenated alkanes) is 1. The van der Waals surface area contributed by atoms with Crippen LogP contribution in [0.5, 0.6) is 0 Å². The predicted octanol–water partition coefficient (Wildman–Crippen LogP) is 5.64. The van der Waals surface area contributed by atoms with E-state index in [-0.39, 0.29) is 31.1 Å². The summed E-state index contributed by atoms with van der Waals surface area (Å²) in [7, 11) is 2.11. The second-order valence-electron chi connectivity index (χ2n) is 12.5. The predicted molar refractivity (Wildman–Crippen MR) is 186 cm³/mol. The van der Waals surface area contributed by atoms with Crippen LogP contribution >= 0.6 is 0 Å². The summed E-state index contributed by atoms with van der Waals surface area (Å²) >= 11 is 0. The van der Waals surface area contributed by atoms with Gasteiger partial charge in [0.15, 0.2) is 6.29 Å². The van der Waals surface area contributed by atoms with Gasteiger partial charge in [-0.1, -0.05) is 72.8 Å². The minimum atomic E-state index is -0.543. The summed E-state index contributed by atoms with van der Waals surface area (Å²) in [6.45, 7) is 2.02. The largest absolute Gasteiger partial charge is 0.392 e. The Bertz CT molecular complexity index is 1620. The third kappa shape index (κ3) is 11.0. The molecule has 1 saturated heterocycles. The summed E-state index contributed by atoms with van der Waals surface area (Å²) in [5.41, 5.74) is 8.58. The number of nitrogens with one attached hydrogen (secondary N) is 2. The molecule has 258 valence electrons. The molecule has 1 fully saturated rings. The topological polar surface area (TPSA) is 133 Å². The number of pyridine rings is 1. The summed E-state index contributed by atoms with van der Waals surface area (Å²) in [5, 5.41) is 21.1. The van der Waals surface area contributed by atoms with Gasteiger partial charge in [-0.3, -0.25) is 19.8 Å². The first-order valence-corrected chi connectivity index (χ1v) is 16.9. The normalized spacial score (nSPS) is 17.5. The maximum atomic E-state index is 12.3. The van der Waals surface area contributed by atoms with Crippen molar-refractivity contribution in [1.29, 1.82) is 0 Å². The number of hydrogen-bond donors (Lipinski definition) is 4. The first kappa shape index (κ1) is 35.8. The number of aromatic nitrogens is 1. The van der Waals surface area contributed by atoms with E-state index in [1.165, 1.54) is 0 Å². The van der Waals surface area contributed by atoms with E-state index in [0.717, 1.165) is 58.6 Å². The SMILES string of the molecule is CN(CCc1ccccn1)CC1CC(c2ccc(CO)cc2)OC(c2ccc(-c3cccc(CNC(=O)CCCCC(=O)NO)c3)cc2)O1. The van der Waals surface area contributed by atoms with E-state index in [0.29, 0.717) is 32.2 Å². The lowest BCUT2D eigenvalue weighted by molar-refractivity contribution is -0.252. The molecule has 2 heterocycles. The summed E-state index contributed by atoms with van der Waals surface area (Å²) in [6, 6.07) is 30.2. The van der Waals surface area contributed by atoms with Gasteiger partial charge in [0.2, 0.25) is 11.8 Å². The number of benzene rings is 3. The van der Waals surface area contributed by atoms with Crippen LogP contribution < -0.4 is 10.8 Å². The fourth-order valence-corrected chi connectivity index (χ4v) is 5.93. The van der Waals surface area contributed by atoms with Gasteiger partial charge in [0.1, 0.15) is 0 Å². The zero-order chi connectivity index (χ0) is 34.4. The Morgan fingerprint density at radius 1 is 0.857 bits per heavy atom. The number of carbonyl (C=O) groups excluding carboxylic acids is 2. The first-order valence-electron chi connectivity index (χ1n) is 16.9. The average molecular weight is 667 g/mol. The summed E-state index contributed by atoms with van der Waals surface area (Å²) < 4.78 is 13.1. The van der Waals surface area contributed by atoms with Crippen LogP contribution in [-0.2, 0) is 38.6 Å². The van der Waals surface area contributed by atoms with Crippen LogP contribution in [0.25, 0.3) is 11.1 Å². The number of hydrogen-bond acceptors (Lipinski definition) is 8. The molecule has 3 atom stereocenters. The maximum absolute atomic E-state index is 12.3. The van der Waals surface area contributed by atoms with Gasteiger partial charge in [-0.2, -0.15) is 0 Å². The van der Waals surface area contributed by atoms with Gasteiger partial charge in [-0.05, 0) is 65.9 Å². The highest BCUT2D eigenvalue weighted by Gasteiger charge is 2.32. The third-order valence-corrected chi connectivity index (χ3v) is 8.72. The summed E-state index contributed by atoms with van der Waals surface area (Å²) in [5.74, 6) is -0.523. The van der Waals surface area contributed by atoms with Crippen LogP contribution in [0.1, 0.15) is 72.4 Å². The molecule has 5 rings (SSSR count). The Morgan fingerprint density at radius 2 is 1.61 bits per heavy atom. The maximum Gasteiger partial charge on any atom is 0.243 e. The fraction of sp³-hybridized carbons (Fsp3) is 0.359. The Hall–Kier alpha value is -4.45. The van der Waals surface area contributed by atoms with E-state index < -0.39 is 12.2 Å². The van der Waals surface area contributed by atoms with E-state index in [9.17, 15) is 14.7 Å². The van der Waals surface area contributed by atoms with Crippen molar-refractivity contribution < 1.29 is 29.4 Å². The van der Waals surface area contributed by atoms with Crippen LogP contribution in [0, 0.1) is 0 Å². The van der Waals surface area contributed by atoms with Crippen LogP contribution in [0.4, 0.5) is 0 Å². The Labute approximate surface area is 288 Å². The lowest BCUT2D eigenvalue weighted by atomic mass is 9.99. The van der Waals surface area contributed by atoms with Crippen LogP contribution in [-0.4, -0.2) is 58.3 Å². The molecule has 0 spiro atoms. The van der Waals surface area contributed by atoms with Gasteiger partial charge < -0.3 is 24.8 Å². The van der Waals surface area contributed by atoms with Crippen molar-refractivity contribution in [2.45, 2.75) is 70.2 Å². The first-order chi connectivity index (χ1) is 23.9. The molecule has 3 unspecified atom stereocenters. The molecule has 2 amide bonds. The molecule has 0 aliphatic carbocycles. The Kier molecular flexibility index (Phi) is 13.4. The van der Waals surface area contributed by atoms with Crippen molar-refractivity contribution in [2.75, 3.05) is 20.1 Å². The highest BCUT2D eigenvalue weighted by atomic mass is 16.7. The second kappa shape index (κ2) is 18.4. The number of rotatable bonds is 16. The fourth-order valence-electron chi connectivity index (χ4n) is 5.93. The molecule has 0 saturated carbocycles. The minimum Gasteiger partial charge on any atom is -0.392 e. The van der Waals surface area contributed by atoms with Crippen molar-refractivity contribution in [1.82, 2.24) is 20.7 Å². The second-order valence-corrected chi connectivity index (χ2v) is 12.5. The third-order valence-electron chi connectivity index (χ3n) is 8.72. The van der Waals surface area contributed by atoms with Gasteiger partial charge >= 0.3 is 0 Å². The lowest BCUT2D eigenvalue weighted by Crippen LogP contribution is -2.38. The minimum absolute atomic E-state index is 0.000172. The molecule has 3 aromatic carbocycles. The molecule has 4 aromatic rings.